The third kappa shape index (κ3) is 6.82. The van der Waals surface area contributed by atoms with Crippen LogP contribution < -0.4 is 10.0 Å². The predicted molar refractivity (Wildman–Crippen MR) is 111 cm³/mol. The number of anilines is 2. The molecule has 0 aliphatic rings. The van der Waals surface area contributed by atoms with Gasteiger partial charge in [0.25, 0.3) is 10.0 Å². The number of carboxylic acid groups (broad SMARTS) is 1. The summed E-state index contributed by atoms with van der Waals surface area (Å²) in [6, 6.07) is 9.29. The number of hydrogen-bond acceptors (Lipinski definition) is 4. The van der Waals surface area contributed by atoms with Gasteiger partial charge in [-0.1, -0.05) is 29.8 Å². The van der Waals surface area contributed by atoms with E-state index in [1.54, 1.807) is 26.0 Å². The van der Waals surface area contributed by atoms with E-state index < -0.39 is 38.0 Å². The van der Waals surface area contributed by atoms with Gasteiger partial charge in [0, 0.05) is 16.6 Å². The van der Waals surface area contributed by atoms with Gasteiger partial charge in [0.1, 0.15) is 10.7 Å². The molecule has 10 heteroatoms. The number of carbonyl (C=O) groups is 2. The van der Waals surface area contributed by atoms with Crippen LogP contribution in [-0.2, 0) is 19.6 Å². The van der Waals surface area contributed by atoms with Crippen LogP contribution in [0.15, 0.2) is 51.8 Å². The molecule has 0 bridgehead atoms. The maximum absolute atomic E-state index is 13.7. The summed E-state index contributed by atoms with van der Waals surface area (Å²) in [6.45, 7) is 3.22. The minimum Gasteiger partial charge on any atom is -0.481 e. The van der Waals surface area contributed by atoms with Crippen molar-refractivity contribution in [3.8, 4) is 0 Å². The second-order valence-corrected chi connectivity index (χ2v) is 9.78. The molecule has 0 unspecified atom stereocenters. The van der Waals surface area contributed by atoms with Crippen molar-refractivity contribution in [2.75, 3.05) is 10.0 Å². The maximum atomic E-state index is 13.7. The van der Waals surface area contributed by atoms with Crippen molar-refractivity contribution >= 4 is 49.2 Å². The Morgan fingerprint density at radius 3 is 2.31 bits per heavy atom. The standard InChI is InChI=1S/C19H20BrFN2O5S/c1-19(2,11-18(25)26)10-17(24)22-15-8-5-13(21)9-16(15)29(27,28)23-14-6-3-12(20)4-7-14/h3-9,23H,10-11H2,1-2H3,(H,22,24)(H,25,26). The van der Waals surface area contributed by atoms with Gasteiger partial charge >= 0.3 is 5.97 Å². The first-order valence-corrected chi connectivity index (χ1v) is 10.8. The lowest BCUT2D eigenvalue weighted by Gasteiger charge is -2.22. The average molecular weight is 487 g/mol. The quantitative estimate of drug-likeness (QED) is 0.516. The van der Waals surface area contributed by atoms with E-state index in [9.17, 15) is 22.4 Å². The highest BCUT2D eigenvalue weighted by Gasteiger charge is 2.27. The monoisotopic (exact) mass is 486 g/mol. The van der Waals surface area contributed by atoms with Crippen molar-refractivity contribution in [3.05, 3.63) is 52.8 Å². The van der Waals surface area contributed by atoms with E-state index in [1.165, 1.54) is 12.1 Å². The van der Waals surface area contributed by atoms with Crippen molar-refractivity contribution in [1.29, 1.82) is 0 Å². The van der Waals surface area contributed by atoms with Crippen molar-refractivity contribution in [1.82, 2.24) is 0 Å². The van der Waals surface area contributed by atoms with Gasteiger partial charge in [0.15, 0.2) is 0 Å². The zero-order chi connectivity index (χ0) is 21.8. The van der Waals surface area contributed by atoms with E-state index in [0.717, 1.165) is 22.7 Å². The van der Waals surface area contributed by atoms with E-state index in [-0.39, 0.29) is 24.2 Å². The summed E-state index contributed by atoms with van der Waals surface area (Å²) >= 11 is 3.25. The first-order chi connectivity index (χ1) is 13.4. The maximum Gasteiger partial charge on any atom is 0.303 e. The fourth-order valence-electron chi connectivity index (χ4n) is 2.65. The first kappa shape index (κ1) is 22.8. The number of halogens is 2. The van der Waals surface area contributed by atoms with Crippen LogP contribution in [0.5, 0.6) is 0 Å². The zero-order valence-corrected chi connectivity index (χ0v) is 18.1. The number of carbonyl (C=O) groups excluding carboxylic acids is 1. The number of amides is 1. The molecule has 1 amide bonds. The molecule has 3 N–H and O–H groups in total. The third-order valence-electron chi connectivity index (χ3n) is 3.87. The largest absolute Gasteiger partial charge is 0.481 e. The van der Waals surface area contributed by atoms with E-state index >= 15 is 0 Å². The zero-order valence-electron chi connectivity index (χ0n) is 15.7. The summed E-state index contributed by atoms with van der Waals surface area (Å²) in [4.78, 5) is 22.8. The van der Waals surface area contributed by atoms with Crippen molar-refractivity contribution in [2.45, 2.75) is 31.6 Å². The molecule has 29 heavy (non-hydrogen) atoms. The third-order valence-corrected chi connectivity index (χ3v) is 5.82. The highest BCUT2D eigenvalue weighted by atomic mass is 79.9. The Morgan fingerprint density at radius 1 is 1.10 bits per heavy atom. The molecule has 0 heterocycles. The summed E-state index contributed by atoms with van der Waals surface area (Å²) in [5.74, 6) is -2.42. The normalized spacial score (nSPS) is 11.7. The van der Waals surface area contributed by atoms with Crippen LogP contribution in [0.2, 0.25) is 0 Å². The number of aliphatic carboxylic acids is 1. The molecule has 0 aliphatic heterocycles. The lowest BCUT2D eigenvalue weighted by Crippen LogP contribution is -2.25. The summed E-state index contributed by atoms with van der Waals surface area (Å²) in [6.07, 6.45) is -0.392. The van der Waals surface area contributed by atoms with Gasteiger partial charge in [-0.2, -0.15) is 0 Å². The van der Waals surface area contributed by atoms with Crippen LogP contribution in [0.1, 0.15) is 26.7 Å². The molecule has 7 nitrogen and oxygen atoms in total. The van der Waals surface area contributed by atoms with Crippen LogP contribution in [-0.4, -0.2) is 25.4 Å². The Bertz CT molecular complexity index is 1020. The molecule has 0 aliphatic carbocycles. The van der Waals surface area contributed by atoms with Gasteiger partial charge in [0.2, 0.25) is 5.91 Å². The topological polar surface area (TPSA) is 113 Å². The summed E-state index contributed by atoms with van der Waals surface area (Å²) < 4.78 is 42.3. The molecule has 2 aromatic rings. The SMILES string of the molecule is CC(C)(CC(=O)O)CC(=O)Nc1ccc(F)cc1S(=O)(=O)Nc1ccc(Br)cc1. The molecule has 0 radical (unpaired) electrons. The lowest BCUT2D eigenvalue weighted by atomic mass is 9.85. The highest BCUT2D eigenvalue weighted by Crippen LogP contribution is 2.29. The second kappa shape index (κ2) is 8.91. The molecule has 0 fully saturated rings. The molecule has 0 atom stereocenters. The minimum atomic E-state index is -4.20. The van der Waals surface area contributed by atoms with Crippen LogP contribution in [0, 0.1) is 11.2 Å². The van der Waals surface area contributed by atoms with Gasteiger partial charge in [-0.25, -0.2) is 12.8 Å². The van der Waals surface area contributed by atoms with E-state index in [1.807, 2.05) is 0 Å². The van der Waals surface area contributed by atoms with E-state index in [2.05, 4.69) is 26.0 Å². The van der Waals surface area contributed by atoms with E-state index in [4.69, 9.17) is 5.11 Å². The number of sulfonamides is 1. The molecular formula is C19H20BrFN2O5S. The Kier molecular flexibility index (Phi) is 7.02. The fourth-order valence-corrected chi connectivity index (χ4v) is 4.15. The molecule has 0 spiro atoms. The van der Waals surface area contributed by atoms with Gasteiger partial charge in [-0.3, -0.25) is 14.3 Å². The molecule has 0 saturated carbocycles. The Labute approximate surface area is 176 Å². The molecule has 2 aromatic carbocycles. The second-order valence-electron chi connectivity index (χ2n) is 7.21. The Hall–Kier alpha value is -2.46. The minimum absolute atomic E-state index is 0.105. The average Bonchev–Trinajstić information content (AvgIpc) is 2.56. The van der Waals surface area contributed by atoms with Gasteiger partial charge in [-0.05, 0) is 47.9 Å². The molecule has 0 aromatic heterocycles. The fraction of sp³-hybridized carbons (Fsp3) is 0.263. The lowest BCUT2D eigenvalue weighted by molar-refractivity contribution is -0.139. The summed E-state index contributed by atoms with van der Waals surface area (Å²) in [7, 11) is -4.20. The highest BCUT2D eigenvalue weighted by molar-refractivity contribution is 9.10. The van der Waals surface area contributed by atoms with Crippen molar-refractivity contribution in [3.63, 3.8) is 0 Å². The molecular weight excluding hydrogens is 467 g/mol. The number of hydrogen-bond donors (Lipinski definition) is 3. The van der Waals surface area contributed by atoms with Crippen molar-refractivity contribution in [2.24, 2.45) is 5.41 Å². The Balaban J connectivity index is 2.27. The summed E-state index contributed by atoms with van der Waals surface area (Å²) in [5.41, 5.74) is -0.686. The first-order valence-electron chi connectivity index (χ1n) is 8.48. The smallest absolute Gasteiger partial charge is 0.303 e. The van der Waals surface area contributed by atoms with Gasteiger partial charge < -0.3 is 10.4 Å². The van der Waals surface area contributed by atoms with Crippen LogP contribution in [0.4, 0.5) is 15.8 Å². The number of benzene rings is 2. The number of carboxylic acids is 1. The predicted octanol–water partition coefficient (Wildman–Crippen LogP) is 4.22. The van der Waals surface area contributed by atoms with Gasteiger partial charge in [0.05, 0.1) is 12.1 Å². The van der Waals surface area contributed by atoms with Crippen LogP contribution >= 0.6 is 15.9 Å². The number of rotatable bonds is 8. The van der Waals surface area contributed by atoms with Gasteiger partial charge in [-0.15, -0.1) is 0 Å². The summed E-state index contributed by atoms with van der Waals surface area (Å²) in [5, 5.41) is 11.4. The molecule has 0 saturated heterocycles. The van der Waals surface area contributed by atoms with Crippen molar-refractivity contribution < 1.29 is 27.5 Å². The molecule has 2 rings (SSSR count). The van der Waals surface area contributed by atoms with Crippen LogP contribution in [0.25, 0.3) is 0 Å². The number of nitrogens with one attached hydrogen (secondary N) is 2. The Morgan fingerprint density at radius 2 is 1.72 bits per heavy atom. The van der Waals surface area contributed by atoms with Crippen LogP contribution in [0.3, 0.4) is 0 Å². The molecule has 156 valence electrons. The van der Waals surface area contributed by atoms with E-state index in [0.29, 0.717) is 0 Å².